The van der Waals surface area contributed by atoms with Gasteiger partial charge in [-0.05, 0) is 31.7 Å². The maximum atomic E-state index is 12.5. The van der Waals surface area contributed by atoms with Crippen molar-refractivity contribution in [3.8, 4) is 0 Å². The molecule has 1 fully saturated rings. The van der Waals surface area contributed by atoms with Crippen LogP contribution in [0.5, 0.6) is 0 Å². The van der Waals surface area contributed by atoms with E-state index < -0.39 is 16.0 Å². The van der Waals surface area contributed by atoms with Crippen LogP contribution in [0.1, 0.15) is 42.6 Å². The Bertz CT molecular complexity index is 475. The molecule has 1 aromatic carbocycles. The molecule has 1 saturated heterocycles. The van der Waals surface area contributed by atoms with Gasteiger partial charge in [-0.2, -0.15) is 0 Å². The molecule has 1 aliphatic rings. The zero-order chi connectivity index (χ0) is 14.5. The first kappa shape index (κ1) is 15.4. The van der Waals surface area contributed by atoms with E-state index in [0.29, 0.717) is 18.8 Å². The highest BCUT2D eigenvalue weighted by Crippen LogP contribution is 2.19. The topological polar surface area (TPSA) is 43.4 Å². The molecule has 0 spiro atoms. The predicted molar refractivity (Wildman–Crippen MR) is 81.6 cm³/mol. The Balaban J connectivity index is 2.04. The summed E-state index contributed by atoms with van der Waals surface area (Å²) >= 11 is 0. The van der Waals surface area contributed by atoms with Crippen molar-refractivity contribution >= 4 is 16.6 Å². The lowest BCUT2D eigenvalue weighted by Crippen LogP contribution is -2.34. The van der Waals surface area contributed by atoms with Gasteiger partial charge < -0.3 is 4.74 Å². The SMILES string of the molecule is CCc1ccc(C(=O)C(C)S(=O)C2CCOCC2)cc1. The fourth-order valence-corrected chi connectivity index (χ4v) is 4.02. The maximum Gasteiger partial charge on any atom is 0.178 e. The van der Waals surface area contributed by atoms with E-state index in [1.807, 2.05) is 24.3 Å². The van der Waals surface area contributed by atoms with E-state index in [0.717, 1.165) is 19.3 Å². The highest BCUT2D eigenvalue weighted by atomic mass is 32.2. The van der Waals surface area contributed by atoms with Gasteiger partial charge in [0.2, 0.25) is 0 Å². The summed E-state index contributed by atoms with van der Waals surface area (Å²) in [7, 11) is -1.12. The second-order valence-corrected chi connectivity index (χ2v) is 7.23. The first-order valence-electron chi connectivity index (χ1n) is 7.23. The van der Waals surface area contributed by atoms with Crippen LogP contribution in [0.15, 0.2) is 24.3 Å². The van der Waals surface area contributed by atoms with Crippen molar-refractivity contribution < 1.29 is 13.7 Å². The molecule has 0 amide bonds. The molecule has 0 radical (unpaired) electrons. The third-order valence-corrected chi connectivity index (χ3v) is 5.90. The third-order valence-electron chi connectivity index (χ3n) is 3.86. The molecule has 110 valence electrons. The van der Waals surface area contributed by atoms with Crippen molar-refractivity contribution in [2.24, 2.45) is 0 Å². The molecular weight excluding hydrogens is 272 g/mol. The lowest BCUT2D eigenvalue weighted by Gasteiger charge is -2.24. The number of benzene rings is 1. The van der Waals surface area contributed by atoms with Crippen LogP contribution in [0.25, 0.3) is 0 Å². The summed E-state index contributed by atoms with van der Waals surface area (Å²) in [5.74, 6) is -0.0162. The van der Waals surface area contributed by atoms with Crippen LogP contribution in [-0.4, -0.2) is 33.7 Å². The van der Waals surface area contributed by atoms with Crippen molar-refractivity contribution in [1.82, 2.24) is 0 Å². The van der Waals surface area contributed by atoms with Crippen LogP contribution in [0.4, 0.5) is 0 Å². The molecule has 0 bridgehead atoms. The van der Waals surface area contributed by atoms with Crippen molar-refractivity contribution in [2.45, 2.75) is 43.6 Å². The summed E-state index contributed by atoms with van der Waals surface area (Å²) in [4.78, 5) is 12.4. The van der Waals surface area contributed by atoms with Gasteiger partial charge in [-0.3, -0.25) is 9.00 Å². The summed E-state index contributed by atoms with van der Waals surface area (Å²) in [5, 5.41) is -0.344. The Kier molecular flexibility index (Phi) is 5.49. The molecule has 1 heterocycles. The Labute approximate surface area is 123 Å². The molecule has 2 rings (SSSR count). The van der Waals surface area contributed by atoms with Gasteiger partial charge >= 0.3 is 0 Å². The van der Waals surface area contributed by atoms with E-state index in [1.165, 1.54) is 5.56 Å². The normalized spacial score (nSPS) is 19.5. The predicted octanol–water partition coefficient (Wildman–Crippen LogP) is 2.75. The van der Waals surface area contributed by atoms with Crippen LogP contribution in [0.2, 0.25) is 0 Å². The minimum Gasteiger partial charge on any atom is -0.381 e. The minimum absolute atomic E-state index is 0.0162. The first-order chi connectivity index (χ1) is 9.63. The fraction of sp³-hybridized carbons (Fsp3) is 0.562. The van der Waals surface area contributed by atoms with Gasteiger partial charge in [-0.25, -0.2) is 0 Å². The summed E-state index contributed by atoms with van der Waals surface area (Å²) in [6, 6.07) is 7.63. The Morgan fingerprint density at radius 1 is 1.30 bits per heavy atom. The van der Waals surface area contributed by atoms with Crippen LogP contribution < -0.4 is 0 Å². The Morgan fingerprint density at radius 2 is 1.90 bits per heavy atom. The van der Waals surface area contributed by atoms with Gasteiger partial charge in [-0.1, -0.05) is 31.2 Å². The number of aryl methyl sites for hydroxylation is 1. The van der Waals surface area contributed by atoms with E-state index in [9.17, 15) is 9.00 Å². The zero-order valence-electron chi connectivity index (χ0n) is 12.1. The van der Waals surface area contributed by atoms with Gasteiger partial charge in [0, 0.05) is 34.8 Å². The molecule has 1 aliphatic heterocycles. The Hall–Kier alpha value is -1.00. The molecule has 2 atom stereocenters. The molecule has 1 aromatic rings. The fourth-order valence-electron chi connectivity index (χ4n) is 2.44. The monoisotopic (exact) mass is 294 g/mol. The average Bonchev–Trinajstić information content (AvgIpc) is 2.53. The van der Waals surface area contributed by atoms with E-state index in [2.05, 4.69) is 6.92 Å². The van der Waals surface area contributed by atoms with E-state index in [4.69, 9.17) is 4.74 Å². The van der Waals surface area contributed by atoms with Crippen molar-refractivity contribution in [3.05, 3.63) is 35.4 Å². The van der Waals surface area contributed by atoms with Crippen molar-refractivity contribution in [1.29, 1.82) is 0 Å². The number of ether oxygens (including phenoxy) is 1. The largest absolute Gasteiger partial charge is 0.381 e. The number of hydrogen-bond acceptors (Lipinski definition) is 3. The standard InChI is InChI=1S/C16H22O3S/c1-3-13-4-6-14(7-5-13)16(17)12(2)20(18)15-8-10-19-11-9-15/h4-7,12,15H,3,8-11H2,1-2H3. The summed E-state index contributed by atoms with van der Waals surface area (Å²) in [6.45, 7) is 5.17. The molecule has 3 nitrogen and oxygen atoms in total. The van der Waals surface area contributed by atoms with Crippen LogP contribution in [0, 0.1) is 0 Å². The average molecular weight is 294 g/mol. The molecule has 0 aliphatic carbocycles. The second-order valence-electron chi connectivity index (χ2n) is 5.20. The maximum absolute atomic E-state index is 12.5. The van der Waals surface area contributed by atoms with Gasteiger partial charge in [0.15, 0.2) is 5.78 Å². The number of carbonyl (C=O) groups excluding carboxylic acids is 1. The van der Waals surface area contributed by atoms with Crippen LogP contribution in [-0.2, 0) is 22.0 Å². The summed E-state index contributed by atoms with van der Waals surface area (Å²) < 4.78 is 17.8. The lowest BCUT2D eigenvalue weighted by molar-refractivity contribution is 0.0966. The van der Waals surface area contributed by atoms with E-state index >= 15 is 0 Å². The van der Waals surface area contributed by atoms with Gasteiger partial charge in [0.05, 0.1) is 5.25 Å². The lowest BCUT2D eigenvalue weighted by atomic mass is 10.1. The summed E-state index contributed by atoms with van der Waals surface area (Å²) in [5.41, 5.74) is 1.87. The van der Waals surface area contributed by atoms with Gasteiger partial charge in [0.25, 0.3) is 0 Å². The smallest absolute Gasteiger partial charge is 0.178 e. The van der Waals surface area contributed by atoms with Crippen LogP contribution >= 0.6 is 0 Å². The molecular formula is C16H22O3S. The first-order valence-corrected chi connectivity index (χ1v) is 8.51. The van der Waals surface area contributed by atoms with Crippen molar-refractivity contribution in [3.63, 3.8) is 0 Å². The van der Waals surface area contributed by atoms with Gasteiger partial charge in [-0.15, -0.1) is 0 Å². The number of carbonyl (C=O) groups is 1. The zero-order valence-corrected chi connectivity index (χ0v) is 12.9. The molecule has 0 aromatic heterocycles. The van der Waals surface area contributed by atoms with E-state index in [-0.39, 0.29) is 11.0 Å². The molecule has 2 unspecified atom stereocenters. The number of ketones is 1. The third kappa shape index (κ3) is 3.55. The number of hydrogen-bond donors (Lipinski definition) is 0. The Morgan fingerprint density at radius 3 is 2.45 bits per heavy atom. The highest BCUT2D eigenvalue weighted by Gasteiger charge is 2.29. The summed E-state index contributed by atoms with van der Waals surface area (Å²) in [6.07, 6.45) is 2.54. The van der Waals surface area contributed by atoms with Crippen LogP contribution in [0.3, 0.4) is 0 Å². The molecule has 4 heteroatoms. The number of Topliss-reactive ketones (excluding diaryl/α,β-unsaturated/α-hetero) is 1. The van der Waals surface area contributed by atoms with Crippen molar-refractivity contribution in [2.75, 3.05) is 13.2 Å². The minimum atomic E-state index is -1.12. The second kappa shape index (κ2) is 7.14. The highest BCUT2D eigenvalue weighted by molar-refractivity contribution is 7.87. The number of rotatable bonds is 5. The molecule has 0 saturated carbocycles. The molecule has 20 heavy (non-hydrogen) atoms. The quantitative estimate of drug-likeness (QED) is 0.784. The van der Waals surface area contributed by atoms with Gasteiger partial charge in [0.1, 0.15) is 0 Å². The molecule has 0 N–H and O–H groups in total. The van der Waals surface area contributed by atoms with E-state index in [1.54, 1.807) is 6.92 Å².